The van der Waals surface area contributed by atoms with Gasteiger partial charge < -0.3 is 4.74 Å². The van der Waals surface area contributed by atoms with Crippen LogP contribution in [0.2, 0.25) is 5.02 Å². The first-order chi connectivity index (χ1) is 5.65. The van der Waals surface area contributed by atoms with E-state index < -0.39 is 18.5 Å². The molecule has 0 aromatic heterocycles. The lowest BCUT2D eigenvalue weighted by Gasteiger charge is -2.03. The predicted molar refractivity (Wildman–Crippen MR) is 38.0 cm³/mol. The Morgan fingerprint density at radius 2 is 1.83 bits per heavy atom. The molecule has 5 heteroatoms. The second-order valence-electron chi connectivity index (χ2n) is 1.95. The number of rotatable bonds is 2. The van der Waals surface area contributed by atoms with Crippen LogP contribution in [0, 0.1) is 11.6 Å². The van der Waals surface area contributed by atoms with Crippen molar-refractivity contribution < 1.29 is 17.9 Å². The third-order valence-electron chi connectivity index (χ3n) is 1.18. The maximum Gasteiger partial charge on any atom is 0.228 e. The van der Waals surface area contributed by atoms with Crippen LogP contribution in [0.5, 0.6) is 5.75 Å². The summed E-state index contributed by atoms with van der Waals surface area (Å²) in [5.74, 6) is -2.42. The summed E-state index contributed by atoms with van der Waals surface area (Å²) in [6.07, 6.45) is 0. The van der Waals surface area contributed by atoms with Gasteiger partial charge in [0, 0.05) is 6.07 Å². The van der Waals surface area contributed by atoms with Crippen LogP contribution in [-0.2, 0) is 0 Å². The fourth-order valence-corrected chi connectivity index (χ4v) is 0.879. The van der Waals surface area contributed by atoms with Crippen LogP contribution in [0.15, 0.2) is 12.1 Å². The smallest absolute Gasteiger partial charge is 0.228 e. The summed E-state index contributed by atoms with van der Waals surface area (Å²) in [4.78, 5) is 0. The minimum atomic E-state index is -1.13. The molecule has 0 fully saturated rings. The zero-order valence-electron chi connectivity index (χ0n) is 5.78. The molecule has 1 aromatic rings. The van der Waals surface area contributed by atoms with E-state index in [0.29, 0.717) is 6.07 Å². The van der Waals surface area contributed by atoms with E-state index >= 15 is 0 Å². The number of hydrogen-bond acceptors (Lipinski definition) is 1. The van der Waals surface area contributed by atoms with E-state index in [-0.39, 0.29) is 10.8 Å². The van der Waals surface area contributed by atoms with Crippen molar-refractivity contribution >= 4 is 11.6 Å². The summed E-state index contributed by atoms with van der Waals surface area (Å²) in [5, 5.41) is -0.161. The van der Waals surface area contributed by atoms with Crippen LogP contribution in [0.4, 0.5) is 13.2 Å². The number of ether oxygens (including phenoxy) is 1. The van der Waals surface area contributed by atoms with Crippen LogP contribution in [-0.4, -0.2) is 6.86 Å². The van der Waals surface area contributed by atoms with Crippen molar-refractivity contribution in [1.29, 1.82) is 0 Å². The Kier molecular flexibility index (Phi) is 2.81. The van der Waals surface area contributed by atoms with Gasteiger partial charge in [0.15, 0.2) is 11.6 Å². The molecule has 66 valence electrons. The summed E-state index contributed by atoms with van der Waals surface area (Å²) in [6, 6.07) is 1.42. The molecule has 0 radical (unpaired) electrons. The zero-order chi connectivity index (χ0) is 9.14. The van der Waals surface area contributed by atoms with Gasteiger partial charge in [-0.25, -0.2) is 13.2 Å². The Hall–Kier alpha value is -0.900. The molecule has 0 bridgehead atoms. The maximum atomic E-state index is 12.4. The van der Waals surface area contributed by atoms with Gasteiger partial charge in [-0.1, -0.05) is 11.6 Å². The first-order valence-electron chi connectivity index (χ1n) is 2.98. The Morgan fingerprint density at radius 3 is 2.42 bits per heavy atom. The van der Waals surface area contributed by atoms with E-state index in [1.807, 2.05) is 0 Å². The van der Waals surface area contributed by atoms with Crippen molar-refractivity contribution in [3.05, 3.63) is 28.8 Å². The van der Waals surface area contributed by atoms with E-state index in [1.165, 1.54) is 0 Å². The van der Waals surface area contributed by atoms with Crippen molar-refractivity contribution in [3.8, 4) is 5.75 Å². The highest BCUT2D eigenvalue weighted by Crippen LogP contribution is 2.26. The van der Waals surface area contributed by atoms with E-state index in [9.17, 15) is 13.2 Å². The highest BCUT2D eigenvalue weighted by Gasteiger charge is 2.08. The highest BCUT2D eigenvalue weighted by molar-refractivity contribution is 6.32. The fourth-order valence-electron chi connectivity index (χ4n) is 0.674. The van der Waals surface area contributed by atoms with Gasteiger partial charge in [-0.15, -0.1) is 0 Å². The molecule has 0 saturated carbocycles. The molecule has 1 nitrogen and oxygen atoms in total. The number of halogens is 4. The van der Waals surface area contributed by atoms with Gasteiger partial charge in [0.2, 0.25) is 6.86 Å². The lowest BCUT2D eigenvalue weighted by Crippen LogP contribution is -1.93. The monoisotopic (exact) mass is 196 g/mol. The fraction of sp³-hybridized carbons (Fsp3) is 0.143. The second-order valence-corrected chi connectivity index (χ2v) is 2.36. The summed E-state index contributed by atoms with van der Waals surface area (Å²) >= 11 is 5.38. The lowest BCUT2D eigenvalue weighted by molar-refractivity contribution is 0.191. The third-order valence-corrected chi connectivity index (χ3v) is 1.48. The van der Waals surface area contributed by atoms with E-state index in [4.69, 9.17) is 11.6 Å². The van der Waals surface area contributed by atoms with E-state index in [1.54, 1.807) is 0 Å². The van der Waals surface area contributed by atoms with E-state index in [2.05, 4.69) is 4.74 Å². The normalized spacial score (nSPS) is 10.0. The zero-order valence-corrected chi connectivity index (χ0v) is 6.54. The van der Waals surface area contributed by atoms with Gasteiger partial charge in [-0.3, -0.25) is 0 Å². The summed E-state index contributed by atoms with van der Waals surface area (Å²) in [5.41, 5.74) is 0. The molecule has 12 heavy (non-hydrogen) atoms. The number of hydrogen-bond donors (Lipinski definition) is 0. The molecule has 0 aliphatic heterocycles. The van der Waals surface area contributed by atoms with Crippen molar-refractivity contribution in [3.63, 3.8) is 0 Å². The van der Waals surface area contributed by atoms with Crippen LogP contribution in [0.3, 0.4) is 0 Å². The Morgan fingerprint density at radius 1 is 1.25 bits per heavy atom. The van der Waals surface area contributed by atoms with Gasteiger partial charge in [0.1, 0.15) is 5.75 Å². The highest BCUT2D eigenvalue weighted by atomic mass is 35.5. The van der Waals surface area contributed by atoms with Crippen molar-refractivity contribution in [1.82, 2.24) is 0 Å². The molecule has 0 saturated heterocycles. The lowest BCUT2D eigenvalue weighted by atomic mass is 10.3. The van der Waals surface area contributed by atoms with Crippen LogP contribution < -0.4 is 4.74 Å². The first kappa shape index (κ1) is 9.19. The number of benzene rings is 1. The number of alkyl halides is 1. The van der Waals surface area contributed by atoms with Gasteiger partial charge in [0.05, 0.1) is 5.02 Å². The molecule has 0 spiro atoms. The molecule has 0 atom stereocenters. The van der Waals surface area contributed by atoms with Gasteiger partial charge in [-0.05, 0) is 6.07 Å². The third kappa shape index (κ3) is 1.82. The minimum absolute atomic E-state index is 0.161. The summed E-state index contributed by atoms with van der Waals surface area (Å²) < 4.78 is 40.7. The van der Waals surface area contributed by atoms with Gasteiger partial charge >= 0.3 is 0 Å². The largest absolute Gasteiger partial charge is 0.461 e. The molecular formula is C7H4ClF3O. The maximum absolute atomic E-state index is 12.4. The van der Waals surface area contributed by atoms with Gasteiger partial charge in [-0.2, -0.15) is 0 Å². The Balaban J connectivity index is 3.05. The molecular weight excluding hydrogens is 193 g/mol. The topological polar surface area (TPSA) is 9.23 Å². The van der Waals surface area contributed by atoms with Gasteiger partial charge in [0.25, 0.3) is 0 Å². The van der Waals surface area contributed by atoms with Crippen LogP contribution >= 0.6 is 11.6 Å². The molecule has 0 heterocycles. The molecule has 0 N–H and O–H groups in total. The Bertz CT molecular complexity index is 290. The molecule has 0 aliphatic carbocycles. The molecule has 1 rings (SSSR count). The van der Waals surface area contributed by atoms with Crippen LogP contribution in [0.25, 0.3) is 0 Å². The van der Waals surface area contributed by atoms with Crippen molar-refractivity contribution in [2.75, 3.05) is 6.86 Å². The average Bonchev–Trinajstić information content (AvgIpc) is 2.01. The quantitative estimate of drug-likeness (QED) is 0.661. The summed E-state index contributed by atoms with van der Waals surface area (Å²) in [6.45, 7) is -1.13. The molecule has 0 unspecified atom stereocenters. The molecule has 0 amide bonds. The van der Waals surface area contributed by atoms with E-state index in [0.717, 1.165) is 6.07 Å². The van der Waals surface area contributed by atoms with Crippen molar-refractivity contribution in [2.45, 2.75) is 0 Å². The first-order valence-corrected chi connectivity index (χ1v) is 3.36. The molecule has 0 aliphatic rings. The second kappa shape index (κ2) is 3.67. The Labute approximate surface area is 71.7 Å². The van der Waals surface area contributed by atoms with Crippen LogP contribution in [0.1, 0.15) is 0 Å². The molecule has 1 aromatic carbocycles. The minimum Gasteiger partial charge on any atom is -0.461 e. The predicted octanol–water partition coefficient (Wildman–Crippen LogP) is 2.92. The van der Waals surface area contributed by atoms with Crippen molar-refractivity contribution in [2.24, 2.45) is 0 Å². The standard InChI is InChI=1S/C7H4ClF3O/c8-4-1-5(10)6(11)2-7(4)12-3-9/h1-2H,3H2. The average molecular weight is 197 g/mol. The summed E-state index contributed by atoms with van der Waals surface area (Å²) in [7, 11) is 0. The SMILES string of the molecule is FCOc1cc(F)c(F)cc1Cl.